The van der Waals surface area contributed by atoms with Gasteiger partial charge in [-0.1, -0.05) is 27.2 Å². The third kappa shape index (κ3) is 12.9. The lowest BCUT2D eigenvalue weighted by atomic mass is 10.00. The molecule has 0 rings (SSSR count). The molecule has 0 aliphatic rings. The molecule has 4 heteroatoms. The fourth-order valence-electron chi connectivity index (χ4n) is 2.00. The molecule has 0 radical (unpaired) electrons. The summed E-state index contributed by atoms with van der Waals surface area (Å²) in [7, 11) is 2.03. The lowest BCUT2D eigenvalue weighted by molar-refractivity contribution is 0.0131. The van der Waals surface area contributed by atoms with E-state index < -0.39 is 0 Å². The first-order valence-electron chi connectivity index (χ1n) is 8.12. The van der Waals surface area contributed by atoms with Crippen LogP contribution in [-0.4, -0.2) is 52.7 Å². The van der Waals surface area contributed by atoms with Crippen LogP contribution in [0.2, 0.25) is 0 Å². The molecule has 122 valence electrons. The quantitative estimate of drug-likeness (QED) is 0.471. The van der Waals surface area contributed by atoms with Gasteiger partial charge in [0, 0.05) is 19.3 Å². The van der Waals surface area contributed by atoms with Crippen molar-refractivity contribution in [1.82, 2.24) is 5.32 Å². The highest BCUT2D eigenvalue weighted by molar-refractivity contribution is 4.67. The van der Waals surface area contributed by atoms with E-state index >= 15 is 0 Å². The molecule has 0 heterocycles. The zero-order chi connectivity index (χ0) is 15.1. The fourth-order valence-corrected chi connectivity index (χ4v) is 2.00. The molecule has 0 bridgehead atoms. The Kier molecular flexibility index (Phi) is 15.1. The lowest BCUT2D eigenvalue weighted by Crippen LogP contribution is -2.30. The van der Waals surface area contributed by atoms with Gasteiger partial charge in [0.1, 0.15) is 0 Å². The molecule has 1 atom stereocenters. The number of hydrogen-bond donors (Lipinski definition) is 1. The Morgan fingerprint density at radius 2 is 1.30 bits per heavy atom. The van der Waals surface area contributed by atoms with Crippen LogP contribution in [0.4, 0.5) is 0 Å². The van der Waals surface area contributed by atoms with Crippen LogP contribution < -0.4 is 5.32 Å². The Hall–Kier alpha value is -0.160. The summed E-state index contributed by atoms with van der Waals surface area (Å²) < 4.78 is 16.4. The predicted octanol–water partition coefficient (Wildman–Crippen LogP) is 2.86. The molecule has 0 aromatic rings. The van der Waals surface area contributed by atoms with Crippen LogP contribution in [0.5, 0.6) is 0 Å². The SMILES string of the molecule is CCCCOCCOCCOCCCC(NC)C(C)C. The summed E-state index contributed by atoms with van der Waals surface area (Å²) in [4.78, 5) is 0. The molecule has 0 spiro atoms. The van der Waals surface area contributed by atoms with Crippen LogP contribution in [0, 0.1) is 5.92 Å². The van der Waals surface area contributed by atoms with E-state index in [0.717, 1.165) is 26.1 Å². The smallest absolute Gasteiger partial charge is 0.0701 e. The van der Waals surface area contributed by atoms with Crippen molar-refractivity contribution in [1.29, 1.82) is 0 Å². The Morgan fingerprint density at radius 1 is 0.800 bits per heavy atom. The average molecular weight is 289 g/mol. The van der Waals surface area contributed by atoms with Crippen molar-refractivity contribution in [2.24, 2.45) is 5.92 Å². The van der Waals surface area contributed by atoms with Crippen molar-refractivity contribution < 1.29 is 14.2 Å². The minimum atomic E-state index is 0.593. The number of rotatable bonds is 15. The summed E-state index contributed by atoms with van der Waals surface area (Å²) in [5.74, 6) is 0.677. The molecule has 1 N–H and O–H groups in total. The molecular weight excluding hydrogens is 254 g/mol. The maximum Gasteiger partial charge on any atom is 0.0701 e. The monoisotopic (exact) mass is 289 g/mol. The zero-order valence-corrected chi connectivity index (χ0v) is 14.0. The van der Waals surface area contributed by atoms with Gasteiger partial charge in [-0.2, -0.15) is 0 Å². The normalized spacial score (nSPS) is 13.1. The highest BCUT2D eigenvalue weighted by Crippen LogP contribution is 2.07. The number of hydrogen-bond acceptors (Lipinski definition) is 4. The first-order chi connectivity index (χ1) is 9.72. The molecule has 0 fully saturated rings. The molecule has 0 saturated carbocycles. The van der Waals surface area contributed by atoms with E-state index in [1.807, 2.05) is 7.05 Å². The van der Waals surface area contributed by atoms with Crippen molar-refractivity contribution in [3.63, 3.8) is 0 Å². The van der Waals surface area contributed by atoms with E-state index in [9.17, 15) is 0 Å². The molecule has 20 heavy (non-hydrogen) atoms. The molecule has 1 unspecified atom stereocenters. The third-order valence-corrected chi connectivity index (χ3v) is 3.37. The summed E-state index contributed by atoms with van der Waals surface area (Å²) in [6, 6.07) is 0.593. The van der Waals surface area contributed by atoms with Gasteiger partial charge in [-0.15, -0.1) is 0 Å². The first-order valence-corrected chi connectivity index (χ1v) is 8.12. The summed E-state index contributed by atoms with van der Waals surface area (Å²) in [5, 5.41) is 3.35. The highest BCUT2D eigenvalue weighted by atomic mass is 16.5. The van der Waals surface area contributed by atoms with Gasteiger partial charge >= 0.3 is 0 Å². The molecule has 0 aromatic heterocycles. The van der Waals surface area contributed by atoms with Crippen LogP contribution in [0.25, 0.3) is 0 Å². The molecule has 0 aromatic carbocycles. The summed E-state index contributed by atoms with van der Waals surface area (Å²) >= 11 is 0. The van der Waals surface area contributed by atoms with Crippen LogP contribution in [-0.2, 0) is 14.2 Å². The number of ether oxygens (including phenoxy) is 3. The minimum Gasteiger partial charge on any atom is -0.379 e. The standard InChI is InChI=1S/C16H35NO3/c1-5-6-9-18-11-13-20-14-12-19-10-7-8-16(17-4)15(2)3/h15-17H,5-14H2,1-4H3. The second-order valence-corrected chi connectivity index (χ2v) is 5.47. The molecule has 4 nitrogen and oxygen atoms in total. The topological polar surface area (TPSA) is 39.7 Å². The lowest BCUT2D eigenvalue weighted by Gasteiger charge is -2.19. The van der Waals surface area contributed by atoms with E-state index in [1.54, 1.807) is 0 Å². The summed E-state index contributed by atoms with van der Waals surface area (Å²) in [6.45, 7) is 11.0. The van der Waals surface area contributed by atoms with Crippen LogP contribution >= 0.6 is 0 Å². The molecule has 0 amide bonds. The second kappa shape index (κ2) is 15.2. The van der Waals surface area contributed by atoms with E-state index in [0.29, 0.717) is 38.4 Å². The van der Waals surface area contributed by atoms with Gasteiger partial charge in [-0.25, -0.2) is 0 Å². The number of unbranched alkanes of at least 4 members (excludes halogenated alkanes) is 1. The van der Waals surface area contributed by atoms with Gasteiger partial charge in [0.05, 0.1) is 26.4 Å². The van der Waals surface area contributed by atoms with E-state index in [2.05, 4.69) is 26.1 Å². The molecule has 0 aliphatic heterocycles. The van der Waals surface area contributed by atoms with Crippen molar-refractivity contribution in [3.05, 3.63) is 0 Å². The molecule has 0 saturated heterocycles. The van der Waals surface area contributed by atoms with Crippen LogP contribution in [0.1, 0.15) is 46.5 Å². The predicted molar refractivity (Wildman–Crippen MR) is 84.3 cm³/mol. The second-order valence-electron chi connectivity index (χ2n) is 5.47. The van der Waals surface area contributed by atoms with E-state index in [-0.39, 0.29) is 0 Å². The van der Waals surface area contributed by atoms with Crippen molar-refractivity contribution in [3.8, 4) is 0 Å². The van der Waals surface area contributed by atoms with Crippen LogP contribution in [0.15, 0.2) is 0 Å². The minimum absolute atomic E-state index is 0.593. The Morgan fingerprint density at radius 3 is 1.75 bits per heavy atom. The highest BCUT2D eigenvalue weighted by Gasteiger charge is 2.09. The maximum absolute atomic E-state index is 5.56. The summed E-state index contributed by atoms with van der Waals surface area (Å²) in [5.41, 5.74) is 0. The average Bonchev–Trinajstić information content (AvgIpc) is 2.43. The van der Waals surface area contributed by atoms with Gasteiger partial charge in [0.2, 0.25) is 0 Å². The van der Waals surface area contributed by atoms with Gasteiger partial charge < -0.3 is 19.5 Å². The van der Waals surface area contributed by atoms with Crippen molar-refractivity contribution in [2.45, 2.75) is 52.5 Å². The first kappa shape index (κ1) is 19.8. The Labute approximate surface area is 125 Å². The maximum atomic E-state index is 5.56. The van der Waals surface area contributed by atoms with Crippen molar-refractivity contribution >= 4 is 0 Å². The van der Waals surface area contributed by atoms with Crippen LogP contribution in [0.3, 0.4) is 0 Å². The Bertz CT molecular complexity index is 189. The summed E-state index contributed by atoms with van der Waals surface area (Å²) in [6.07, 6.45) is 4.58. The molecule has 0 aliphatic carbocycles. The largest absolute Gasteiger partial charge is 0.379 e. The van der Waals surface area contributed by atoms with Gasteiger partial charge in [-0.3, -0.25) is 0 Å². The zero-order valence-electron chi connectivity index (χ0n) is 14.0. The fraction of sp³-hybridized carbons (Fsp3) is 1.00. The Balaban J connectivity index is 3.13. The van der Waals surface area contributed by atoms with E-state index in [4.69, 9.17) is 14.2 Å². The van der Waals surface area contributed by atoms with Gasteiger partial charge in [0.25, 0.3) is 0 Å². The van der Waals surface area contributed by atoms with Gasteiger partial charge in [-0.05, 0) is 32.2 Å². The van der Waals surface area contributed by atoms with Crippen molar-refractivity contribution in [2.75, 3.05) is 46.7 Å². The van der Waals surface area contributed by atoms with Gasteiger partial charge in [0.15, 0.2) is 0 Å². The van der Waals surface area contributed by atoms with E-state index in [1.165, 1.54) is 12.8 Å². The number of nitrogens with one attached hydrogen (secondary N) is 1. The molecular formula is C16H35NO3. The third-order valence-electron chi connectivity index (χ3n) is 3.37.